The number of aliphatic hydroxyl groups excluding tert-OH is 1. The summed E-state index contributed by atoms with van der Waals surface area (Å²) in [6.45, 7) is 5.71. The summed E-state index contributed by atoms with van der Waals surface area (Å²) >= 11 is 6.04. The lowest BCUT2D eigenvalue weighted by Gasteiger charge is -2.33. The Hall–Kier alpha value is -0.770. The standard InChI is InChI=1S/C16H25ClN2O/c1-2-9-19-10-4-7-16(13-20,8-11-19)18-15-6-3-5-14(17)12-15/h3,5-6,12,18,20H,2,4,7-11,13H2,1H3. The van der Waals surface area contributed by atoms with Crippen molar-refractivity contribution in [2.45, 2.75) is 38.1 Å². The fourth-order valence-electron chi connectivity index (χ4n) is 2.98. The number of aliphatic hydroxyl groups is 1. The van der Waals surface area contributed by atoms with Gasteiger partial charge in [0.15, 0.2) is 0 Å². The van der Waals surface area contributed by atoms with E-state index in [1.165, 1.54) is 6.42 Å². The fraction of sp³-hybridized carbons (Fsp3) is 0.625. The predicted molar refractivity (Wildman–Crippen MR) is 85.5 cm³/mol. The Labute approximate surface area is 126 Å². The van der Waals surface area contributed by atoms with Gasteiger partial charge < -0.3 is 15.3 Å². The van der Waals surface area contributed by atoms with Crippen molar-refractivity contribution in [1.29, 1.82) is 0 Å². The van der Waals surface area contributed by atoms with Gasteiger partial charge >= 0.3 is 0 Å². The lowest BCUT2D eigenvalue weighted by atomic mass is 9.91. The van der Waals surface area contributed by atoms with Crippen LogP contribution in [0.25, 0.3) is 0 Å². The molecule has 1 unspecified atom stereocenters. The number of likely N-dealkylation sites (tertiary alicyclic amines) is 1. The zero-order chi connectivity index (χ0) is 14.4. The van der Waals surface area contributed by atoms with E-state index in [1.807, 2.05) is 24.3 Å². The number of anilines is 1. The van der Waals surface area contributed by atoms with Crippen molar-refractivity contribution < 1.29 is 5.11 Å². The van der Waals surface area contributed by atoms with Gasteiger partial charge in [0.25, 0.3) is 0 Å². The SMILES string of the molecule is CCCN1CCCC(CO)(Nc2cccc(Cl)c2)CC1. The largest absolute Gasteiger partial charge is 0.394 e. The number of hydrogen-bond acceptors (Lipinski definition) is 3. The number of nitrogens with zero attached hydrogens (tertiary/aromatic N) is 1. The van der Waals surface area contributed by atoms with Crippen molar-refractivity contribution in [3.05, 3.63) is 29.3 Å². The fourth-order valence-corrected chi connectivity index (χ4v) is 3.18. The minimum Gasteiger partial charge on any atom is -0.394 e. The molecule has 1 fully saturated rings. The molecule has 20 heavy (non-hydrogen) atoms. The van der Waals surface area contributed by atoms with Crippen LogP contribution in [0.2, 0.25) is 5.02 Å². The molecule has 0 amide bonds. The van der Waals surface area contributed by atoms with Crippen LogP contribution in [0.4, 0.5) is 5.69 Å². The monoisotopic (exact) mass is 296 g/mol. The molecule has 1 heterocycles. The Morgan fingerprint density at radius 3 is 2.90 bits per heavy atom. The number of hydrogen-bond donors (Lipinski definition) is 2. The normalized spacial score (nSPS) is 24.4. The van der Waals surface area contributed by atoms with Crippen LogP contribution in [0.5, 0.6) is 0 Å². The molecule has 0 radical (unpaired) electrons. The molecule has 0 aromatic heterocycles. The van der Waals surface area contributed by atoms with Crippen LogP contribution in [-0.4, -0.2) is 41.8 Å². The van der Waals surface area contributed by atoms with Crippen LogP contribution in [0.1, 0.15) is 32.6 Å². The molecule has 1 atom stereocenters. The topological polar surface area (TPSA) is 35.5 Å². The van der Waals surface area contributed by atoms with E-state index in [1.54, 1.807) is 0 Å². The third kappa shape index (κ3) is 4.11. The maximum atomic E-state index is 9.90. The summed E-state index contributed by atoms with van der Waals surface area (Å²) in [4.78, 5) is 2.50. The summed E-state index contributed by atoms with van der Waals surface area (Å²) in [5.41, 5.74) is 0.781. The van der Waals surface area contributed by atoms with E-state index in [0.29, 0.717) is 0 Å². The van der Waals surface area contributed by atoms with Crippen molar-refractivity contribution in [3.8, 4) is 0 Å². The lowest BCUT2D eigenvalue weighted by molar-refractivity contribution is 0.192. The molecule has 1 aromatic rings. The van der Waals surface area contributed by atoms with Gasteiger partial charge in [-0.05, 0) is 57.0 Å². The highest BCUT2D eigenvalue weighted by Gasteiger charge is 2.31. The Kier molecular flexibility index (Phi) is 5.70. The van der Waals surface area contributed by atoms with Crippen molar-refractivity contribution in [2.75, 3.05) is 31.6 Å². The molecule has 0 spiro atoms. The third-order valence-electron chi connectivity index (χ3n) is 4.11. The number of halogens is 1. The van der Waals surface area contributed by atoms with Crippen LogP contribution >= 0.6 is 11.6 Å². The minimum absolute atomic E-state index is 0.166. The zero-order valence-electron chi connectivity index (χ0n) is 12.2. The summed E-state index contributed by atoms with van der Waals surface area (Å²) in [5, 5.41) is 14.2. The molecule has 2 N–H and O–H groups in total. The molecule has 112 valence electrons. The molecule has 1 aromatic carbocycles. The molecule has 3 nitrogen and oxygen atoms in total. The van der Waals surface area contributed by atoms with Gasteiger partial charge in [0.2, 0.25) is 0 Å². The quantitative estimate of drug-likeness (QED) is 0.874. The van der Waals surface area contributed by atoms with E-state index in [4.69, 9.17) is 11.6 Å². The van der Waals surface area contributed by atoms with E-state index >= 15 is 0 Å². The molecule has 0 saturated carbocycles. The van der Waals surface area contributed by atoms with Crippen LogP contribution in [0.15, 0.2) is 24.3 Å². The molecule has 0 aliphatic carbocycles. The van der Waals surface area contributed by atoms with E-state index in [0.717, 1.165) is 49.6 Å². The molecule has 4 heteroatoms. The van der Waals surface area contributed by atoms with E-state index in [9.17, 15) is 5.11 Å². The first-order valence-corrected chi connectivity index (χ1v) is 7.92. The molecule has 1 aliphatic heterocycles. The van der Waals surface area contributed by atoms with Crippen molar-refractivity contribution in [2.24, 2.45) is 0 Å². The minimum atomic E-state index is -0.215. The second-order valence-corrected chi connectivity index (χ2v) is 6.21. The zero-order valence-corrected chi connectivity index (χ0v) is 13.0. The van der Waals surface area contributed by atoms with Gasteiger partial charge in [-0.15, -0.1) is 0 Å². The van der Waals surface area contributed by atoms with Gasteiger partial charge in [0.1, 0.15) is 0 Å². The van der Waals surface area contributed by atoms with E-state index < -0.39 is 0 Å². The Bertz CT molecular complexity index is 427. The smallest absolute Gasteiger partial charge is 0.0662 e. The Balaban J connectivity index is 2.05. The first-order valence-electron chi connectivity index (χ1n) is 7.54. The highest BCUT2D eigenvalue weighted by Crippen LogP contribution is 2.28. The maximum Gasteiger partial charge on any atom is 0.0662 e. The maximum absolute atomic E-state index is 9.90. The highest BCUT2D eigenvalue weighted by molar-refractivity contribution is 6.30. The number of benzene rings is 1. The summed E-state index contributed by atoms with van der Waals surface area (Å²) in [5.74, 6) is 0. The second-order valence-electron chi connectivity index (χ2n) is 5.77. The molecular weight excluding hydrogens is 272 g/mol. The van der Waals surface area contributed by atoms with Gasteiger partial charge in [0.05, 0.1) is 12.1 Å². The molecule has 2 rings (SSSR count). The van der Waals surface area contributed by atoms with Gasteiger partial charge in [-0.25, -0.2) is 0 Å². The lowest BCUT2D eigenvalue weighted by Crippen LogP contribution is -2.43. The van der Waals surface area contributed by atoms with E-state index in [2.05, 4.69) is 17.1 Å². The van der Waals surface area contributed by atoms with Crippen molar-refractivity contribution in [1.82, 2.24) is 4.90 Å². The number of rotatable bonds is 5. The van der Waals surface area contributed by atoms with Gasteiger partial charge in [-0.1, -0.05) is 24.6 Å². The third-order valence-corrected chi connectivity index (χ3v) is 4.35. The second kappa shape index (κ2) is 7.30. The summed E-state index contributed by atoms with van der Waals surface area (Å²) in [7, 11) is 0. The Morgan fingerprint density at radius 1 is 1.35 bits per heavy atom. The van der Waals surface area contributed by atoms with Crippen LogP contribution < -0.4 is 5.32 Å². The molecule has 1 saturated heterocycles. The van der Waals surface area contributed by atoms with Gasteiger partial charge in [-0.2, -0.15) is 0 Å². The number of nitrogens with one attached hydrogen (secondary N) is 1. The van der Waals surface area contributed by atoms with Crippen LogP contribution in [0.3, 0.4) is 0 Å². The molecular formula is C16H25ClN2O. The highest BCUT2D eigenvalue weighted by atomic mass is 35.5. The van der Waals surface area contributed by atoms with Gasteiger partial charge in [0, 0.05) is 17.3 Å². The first kappa shape index (κ1) is 15.6. The first-order chi connectivity index (χ1) is 9.67. The molecule has 0 bridgehead atoms. The van der Waals surface area contributed by atoms with Gasteiger partial charge in [-0.3, -0.25) is 0 Å². The van der Waals surface area contributed by atoms with E-state index in [-0.39, 0.29) is 12.1 Å². The van der Waals surface area contributed by atoms with Crippen LogP contribution in [0, 0.1) is 0 Å². The summed E-state index contributed by atoms with van der Waals surface area (Å²) < 4.78 is 0. The van der Waals surface area contributed by atoms with Crippen molar-refractivity contribution in [3.63, 3.8) is 0 Å². The average Bonchev–Trinajstić information content (AvgIpc) is 2.63. The van der Waals surface area contributed by atoms with Crippen LogP contribution in [-0.2, 0) is 0 Å². The molecule has 1 aliphatic rings. The summed E-state index contributed by atoms with van der Waals surface area (Å²) in [6, 6.07) is 7.75. The Morgan fingerprint density at radius 2 is 2.20 bits per heavy atom. The predicted octanol–water partition coefficient (Wildman–Crippen LogP) is 3.38. The van der Waals surface area contributed by atoms with Crippen molar-refractivity contribution >= 4 is 17.3 Å². The summed E-state index contributed by atoms with van der Waals surface area (Å²) in [6.07, 6.45) is 4.27. The average molecular weight is 297 g/mol.